The minimum Gasteiger partial charge on any atom is -0.326 e. The average molecular weight is 243 g/mol. The third kappa shape index (κ3) is 4.02. The molecule has 0 fully saturated rings. The van der Waals surface area contributed by atoms with Crippen LogP contribution in [0.4, 0.5) is 4.39 Å². The largest absolute Gasteiger partial charge is 0.326 e. The van der Waals surface area contributed by atoms with Gasteiger partial charge in [0, 0.05) is 28.9 Å². The van der Waals surface area contributed by atoms with Crippen molar-refractivity contribution >= 4 is 10.8 Å². The van der Waals surface area contributed by atoms with E-state index in [-0.39, 0.29) is 12.4 Å². The maximum absolute atomic E-state index is 12.9. The van der Waals surface area contributed by atoms with Crippen molar-refractivity contribution in [1.82, 2.24) is 0 Å². The van der Waals surface area contributed by atoms with Crippen molar-refractivity contribution in [3.63, 3.8) is 0 Å². The molecule has 0 aliphatic rings. The lowest BCUT2D eigenvalue weighted by Crippen LogP contribution is -2.07. The Bertz CT molecular complexity index is 368. The quantitative estimate of drug-likeness (QED) is 0.833. The Morgan fingerprint density at radius 2 is 2.12 bits per heavy atom. The summed E-state index contributed by atoms with van der Waals surface area (Å²) < 4.78 is 24.6. The van der Waals surface area contributed by atoms with Crippen LogP contribution in [0.1, 0.15) is 30.9 Å². The maximum Gasteiger partial charge on any atom is 0.123 e. The first-order valence-corrected chi connectivity index (χ1v) is 6.98. The molecule has 1 unspecified atom stereocenters. The van der Waals surface area contributed by atoms with Crippen molar-refractivity contribution in [3.05, 3.63) is 35.1 Å². The van der Waals surface area contributed by atoms with E-state index in [0.29, 0.717) is 11.5 Å². The molecule has 0 heterocycles. The van der Waals surface area contributed by atoms with Crippen molar-refractivity contribution in [3.8, 4) is 0 Å². The van der Waals surface area contributed by atoms with Crippen LogP contribution in [0.15, 0.2) is 18.2 Å². The lowest BCUT2D eigenvalue weighted by atomic mass is 10.1. The molecule has 0 bridgehead atoms. The first kappa shape index (κ1) is 13.3. The number of unbranched alkanes of at least 4 members (excludes halogenated alkanes) is 1. The van der Waals surface area contributed by atoms with E-state index in [1.54, 1.807) is 6.07 Å². The van der Waals surface area contributed by atoms with Gasteiger partial charge in [0.1, 0.15) is 5.82 Å². The lowest BCUT2D eigenvalue weighted by Gasteiger charge is -2.07. The fourth-order valence-corrected chi connectivity index (χ4v) is 2.86. The van der Waals surface area contributed by atoms with Gasteiger partial charge in [0.05, 0.1) is 0 Å². The third-order valence-corrected chi connectivity index (χ3v) is 3.81. The molecule has 1 atom stereocenters. The molecule has 0 aliphatic heterocycles. The molecular weight excluding hydrogens is 225 g/mol. The van der Waals surface area contributed by atoms with Crippen molar-refractivity contribution in [1.29, 1.82) is 0 Å². The molecule has 1 aromatic carbocycles. The van der Waals surface area contributed by atoms with Gasteiger partial charge in [-0.1, -0.05) is 19.4 Å². The fourth-order valence-electron chi connectivity index (χ4n) is 1.48. The number of hydrogen-bond acceptors (Lipinski definition) is 2. The van der Waals surface area contributed by atoms with Gasteiger partial charge in [0.15, 0.2) is 0 Å². The van der Waals surface area contributed by atoms with E-state index in [9.17, 15) is 8.60 Å². The van der Waals surface area contributed by atoms with Crippen LogP contribution >= 0.6 is 0 Å². The molecule has 0 aliphatic carbocycles. The van der Waals surface area contributed by atoms with E-state index in [4.69, 9.17) is 5.73 Å². The first-order chi connectivity index (χ1) is 7.67. The molecule has 0 amide bonds. The Hall–Kier alpha value is -0.740. The van der Waals surface area contributed by atoms with E-state index in [1.165, 1.54) is 12.1 Å². The average Bonchev–Trinajstić information content (AvgIpc) is 2.28. The highest BCUT2D eigenvalue weighted by molar-refractivity contribution is 7.84. The molecule has 0 radical (unpaired) electrons. The highest BCUT2D eigenvalue weighted by atomic mass is 32.2. The van der Waals surface area contributed by atoms with Gasteiger partial charge in [-0.3, -0.25) is 4.21 Å². The Balaban J connectivity index is 2.69. The smallest absolute Gasteiger partial charge is 0.123 e. The first-order valence-electron chi connectivity index (χ1n) is 5.49. The van der Waals surface area contributed by atoms with Gasteiger partial charge < -0.3 is 5.73 Å². The summed E-state index contributed by atoms with van der Waals surface area (Å²) in [5, 5.41) is 0. The van der Waals surface area contributed by atoms with Crippen molar-refractivity contribution in [2.75, 3.05) is 5.75 Å². The maximum atomic E-state index is 12.9. The number of rotatable bonds is 6. The number of benzene rings is 1. The molecule has 0 saturated heterocycles. The minimum atomic E-state index is -0.867. The van der Waals surface area contributed by atoms with Crippen LogP contribution in [0.3, 0.4) is 0 Å². The van der Waals surface area contributed by atoms with Crippen molar-refractivity contribution < 1.29 is 8.60 Å². The molecule has 0 spiro atoms. The number of nitrogens with two attached hydrogens (primary N) is 1. The molecule has 0 saturated carbocycles. The summed E-state index contributed by atoms with van der Waals surface area (Å²) in [5.74, 6) is 0.897. The van der Waals surface area contributed by atoms with E-state index in [1.807, 2.05) is 0 Å². The van der Waals surface area contributed by atoms with Gasteiger partial charge >= 0.3 is 0 Å². The normalized spacial score (nSPS) is 12.7. The van der Waals surface area contributed by atoms with Crippen molar-refractivity contribution in [2.45, 2.75) is 32.1 Å². The van der Waals surface area contributed by atoms with Crippen LogP contribution in [-0.4, -0.2) is 9.96 Å². The Labute approximate surface area is 98.5 Å². The summed E-state index contributed by atoms with van der Waals surface area (Å²) in [6.07, 6.45) is 2.00. The molecule has 2 nitrogen and oxygen atoms in total. The highest BCUT2D eigenvalue weighted by Crippen LogP contribution is 2.13. The third-order valence-electron chi connectivity index (χ3n) is 2.43. The Morgan fingerprint density at radius 3 is 2.75 bits per heavy atom. The van der Waals surface area contributed by atoms with E-state index < -0.39 is 10.8 Å². The van der Waals surface area contributed by atoms with Gasteiger partial charge in [-0.05, 0) is 29.7 Å². The topological polar surface area (TPSA) is 43.1 Å². The molecule has 4 heteroatoms. The SMILES string of the molecule is CCCCS(=O)Cc1ccc(F)cc1CN. The molecule has 2 N–H and O–H groups in total. The van der Waals surface area contributed by atoms with Crippen LogP contribution < -0.4 is 5.73 Å². The van der Waals surface area contributed by atoms with Gasteiger partial charge in [0.25, 0.3) is 0 Å². The summed E-state index contributed by atoms with van der Waals surface area (Å²) in [6, 6.07) is 4.50. The molecule has 1 aromatic rings. The molecular formula is C12H18FNOS. The molecule has 1 rings (SSSR count). The lowest BCUT2D eigenvalue weighted by molar-refractivity contribution is 0.624. The molecule has 0 aromatic heterocycles. The summed E-state index contributed by atoms with van der Waals surface area (Å²) in [4.78, 5) is 0. The van der Waals surface area contributed by atoms with Crippen LogP contribution in [0, 0.1) is 5.82 Å². The monoisotopic (exact) mass is 243 g/mol. The number of hydrogen-bond donors (Lipinski definition) is 1. The second-order valence-electron chi connectivity index (χ2n) is 3.76. The predicted octanol–water partition coefficient (Wildman–Crippen LogP) is 2.33. The van der Waals surface area contributed by atoms with Crippen molar-refractivity contribution in [2.24, 2.45) is 5.73 Å². The summed E-state index contributed by atoms with van der Waals surface area (Å²) in [6.45, 7) is 2.36. The highest BCUT2D eigenvalue weighted by Gasteiger charge is 2.06. The second-order valence-corrected chi connectivity index (χ2v) is 5.34. The Kier molecular flexibility index (Phi) is 5.63. The summed E-state index contributed by atoms with van der Waals surface area (Å²) >= 11 is 0. The number of halogens is 1. The van der Waals surface area contributed by atoms with Crippen LogP contribution in [0.2, 0.25) is 0 Å². The van der Waals surface area contributed by atoms with Crippen LogP contribution in [0.5, 0.6) is 0 Å². The predicted molar refractivity (Wildman–Crippen MR) is 65.9 cm³/mol. The standard InChI is InChI=1S/C12H18FNOS/c1-2-3-6-16(15)9-10-4-5-12(13)7-11(10)8-14/h4-5,7H,2-3,6,8-9,14H2,1H3. The van der Waals surface area contributed by atoms with E-state index in [2.05, 4.69) is 6.92 Å². The van der Waals surface area contributed by atoms with Gasteiger partial charge in [-0.2, -0.15) is 0 Å². The molecule has 16 heavy (non-hydrogen) atoms. The zero-order valence-electron chi connectivity index (χ0n) is 9.54. The van der Waals surface area contributed by atoms with Gasteiger partial charge in [-0.15, -0.1) is 0 Å². The zero-order chi connectivity index (χ0) is 12.0. The Morgan fingerprint density at radius 1 is 1.38 bits per heavy atom. The van der Waals surface area contributed by atoms with Gasteiger partial charge in [-0.25, -0.2) is 4.39 Å². The second kappa shape index (κ2) is 6.76. The minimum absolute atomic E-state index is 0.288. The van der Waals surface area contributed by atoms with E-state index in [0.717, 1.165) is 24.0 Å². The van der Waals surface area contributed by atoms with Crippen LogP contribution in [0.25, 0.3) is 0 Å². The summed E-state index contributed by atoms with van der Waals surface area (Å²) in [5.41, 5.74) is 7.19. The fraction of sp³-hybridized carbons (Fsp3) is 0.500. The van der Waals surface area contributed by atoms with E-state index >= 15 is 0 Å². The molecule has 90 valence electrons. The zero-order valence-corrected chi connectivity index (χ0v) is 10.4. The van der Waals surface area contributed by atoms with Gasteiger partial charge in [0.2, 0.25) is 0 Å². The van der Waals surface area contributed by atoms with Crippen LogP contribution in [-0.2, 0) is 23.1 Å². The summed E-state index contributed by atoms with van der Waals surface area (Å²) in [7, 11) is -0.867.